The summed E-state index contributed by atoms with van der Waals surface area (Å²) in [4.78, 5) is 15.9. The van der Waals surface area contributed by atoms with Gasteiger partial charge in [-0.2, -0.15) is 5.10 Å². The minimum absolute atomic E-state index is 0.100. The summed E-state index contributed by atoms with van der Waals surface area (Å²) < 4.78 is 22.8. The molecule has 1 saturated heterocycles. The van der Waals surface area contributed by atoms with Crippen LogP contribution in [0.25, 0.3) is 5.65 Å². The van der Waals surface area contributed by atoms with Crippen LogP contribution in [0.15, 0.2) is 36.9 Å². The number of nitrogens with zero attached hydrogens (tertiary/aromatic N) is 7. The monoisotopic (exact) mass is 450 g/mol. The molecule has 0 radical (unpaired) electrons. The van der Waals surface area contributed by atoms with Crippen LogP contribution in [-0.2, 0) is 18.3 Å². The number of aryl methyl sites for hydroxylation is 2. The Morgan fingerprint density at radius 3 is 2.70 bits per heavy atom. The van der Waals surface area contributed by atoms with Gasteiger partial charge in [0.25, 0.3) is 0 Å². The molecule has 0 aromatic carbocycles. The Balaban J connectivity index is 1.59. The first-order valence-electron chi connectivity index (χ1n) is 11.0. The summed E-state index contributed by atoms with van der Waals surface area (Å²) in [5.41, 5.74) is 4.40. The van der Waals surface area contributed by atoms with Gasteiger partial charge in [0.05, 0.1) is 37.1 Å². The van der Waals surface area contributed by atoms with Gasteiger partial charge < -0.3 is 14.6 Å². The number of aromatic nitrogens is 6. The maximum Gasteiger partial charge on any atom is 0.161 e. The minimum atomic E-state index is -0.352. The van der Waals surface area contributed by atoms with Gasteiger partial charge in [0, 0.05) is 56.1 Å². The minimum Gasteiger partial charge on any atom is -0.379 e. The van der Waals surface area contributed by atoms with Gasteiger partial charge in [0.15, 0.2) is 5.65 Å². The van der Waals surface area contributed by atoms with E-state index in [-0.39, 0.29) is 11.7 Å². The van der Waals surface area contributed by atoms with E-state index in [2.05, 4.69) is 20.2 Å². The summed E-state index contributed by atoms with van der Waals surface area (Å²) in [6, 6.07) is 5.17. The lowest BCUT2D eigenvalue weighted by molar-refractivity contribution is 0.0334. The molecule has 0 amide bonds. The third-order valence-electron chi connectivity index (χ3n) is 5.96. The molecule has 1 N–H and O–H groups in total. The molecule has 0 saturated carbocycles. The number of rotatable bonds is 6. The van der Waals surface area contributed by atoms with Gasteiger partial charge >= 0.3 is 0 Å². The van der Waals surface area contributed by atoms with Gasteiger partial charge in [-0.05, 0) is 19.1 Å². The van der Waals surface area contributed by atoms with Crippen LogP contribution in [0.4, 0.5) is 16.0 Å². The second-order valence-electron chi connectivity index (χ2n) is 8.43. The maximum absolute atomic E-state index is 13.4. The third kappa shape index (κ3) is 4.44. The third-order valence-corrected chi connectivity index (χ3v) is 5.96. The van der Waals surface area contributed by atoms with Crippen molar-refractivity contribution in [2.75, 3.05) is 31.6 Å². The average molecular weight is 451 g/mol. The standard InChI is InChI=1S/C23H27FN8O/c1-15(19-5-4-17(24)11-25-19)22-16(2)29-32-18(12-31-6-8-33-9-7-31)10-20(28-23(22)32)27-21-13-30(3)14-26-21/h4-5,10-11,13-15H,6-9,12H2,1-3H3,(H,27,28)/t15-/m0/s1. The summed E-state index contributed by atoms with van der Waals surface area (Å²) in [7, 11) is 1.93. The van der Waals surface area contributed by atoms with E-state index in [0.29, 0.717) is 5.82 Å². The number of fused-ring (bicyclic) bond motifs is 1. The zero-order valence-electron chi connectivity index (χ0n) is 19.0. The van der Waals surface area contributed by atoms with E-state index in [1.165, 1.54) is 12.3 Å². The predicted octanol–water partition coefficient (Wildman–Crippen LogP) is 3.03. The number of hydrogen-bond acceptors (Lipinski definition) is 7. The fourth-order valence-electron chi connectivity index (χ4n) is 4.27. The van der Waals surface area contributed by atoms with Crippen molar-refractivity contribution < 1.29 is 9.13 Å². The smallest absolute Gasteiger partial charge is 0.161 e. The molecule has 5 heterocycles. The highest BCUT2D eigenvalue weighted by Crippen LogP contribution is 2.30. The van der Waals surface area contributed by atoms with Gasteiger partial charge in [-0.1, -0.05) is 6.92 Å². The van der Waals surface area contributed by atoms with Crippen molar-refractivity contribution in [1.29, 1.82) is 0 Å². The topological polar surface area (TPSA) is 85.4 Å². The van der Waals surface area contributed by atoms with E-state index in [0.717, 1.165) is 67.0 Å². The van der Waals surface area contributed by atoms with Crippen molar-refractivity contribution in [1.82, 2.24) is 34.0 Å². The molecule has 1 aliphatic rings. The highest BCUT2D eigenvalue weighted by Gasteiger charge is 2.23. The Morgan fingerprint density at radius 1 is 1.18 bits per heavy atom. The lowest BCUT2D eigenvalue weighted by Gasteiger charge is -2.26. The van der Waals surface area contributed by atoms with Crippen LogP contribution in [-0.4, -0.2) is 60.3 Å². The molecular weight excluding hydrogens is 423 g/mol. The summed E-state index contributed by atoms with van der Waals surface area (Å²) in [6.45, 7) is 7.95. The highest BCUT2D eigenvalue weighted by atomic mass is 19.1. The number of anilines is 2. The largest absolute Gasteiger partial charge is 0.379 e. The molecule has 5 rings (SSSR count). The van der Waals surface area contributed by atoms with Crippen LogP contribution in [0.5, 0.6) is 0 Å². The van der Waals surface area contributed by atoms with Gasteiger partial charge in [-0.3, -0.25) is 9.88 Å². The van der Waals surface area contributed by atoms with E-state index < -0.39 is 0 Å². The number of hydrogen-bond donors (Lipinski definition) is 1. The number of imidazole rings is 1. The Labute approximate surface area is 191 Å². The number of halogens is 1. The van der Waals surface area contributed by atoms with Gasteiger partial charge in [-0.25, -0.2) is 18.9 Å². The summed E-state index contributed by atoms with van der Waals surface area (Å²) in [5.74, 6) is 0.967. The first-order valence-corrected chi connectivity index (χ1v) is 11.0. The maximum atomic E-state index is 13.4. The van der Waals surface area contributed by atoms with E-state index in [1.54, 1.807) is 12.4 Å². The second-order valence-corrected chi connectivity index (χ2v) is 8.43. The van der Waals surface area contributed by atoms with Crippen LogP contribution in [0.2, 0.25) is 0 Å². The molecule has 4 aromatic heterocycles. The lowest BCUT2D eigenvalue weighted by Crippen LogP contribution is -2.36. The van der Waals surface area contributed by atoms with Crippen LogP contribution in [0.1, 0.15) is 35.5 Å². The lowest BCUT2D eigenvalue weighted by atomic mass is 9.97. The first kappa shape index (κ1) is 21.5. The van der Waals surface area contributed by atoms with Crippen molar-refractivity contribution in [3.63, 3.8) is 0 Å². The summed E-state index contributed by atoms with van der Waals surface area (Å²) in [6.07, 6.45) is 4.89. The molecule has 1 fully saturated rings. The molecule has 172 valence electrons. The van der Waals surface area contributed by atoms with Gasteiger partial charge in [0.2, 0.25) is 0 Å². The van der Waals surface area contributed by atoms with E-state index in [9.17, 15) is 4.39 Å². The van der Waals surface area contributed by atoms with Crippen LogP contribution >= 0.6 is 0 Å². The normalized spacial score (nSPS) is 15.8. The predicted molar refractivity (Wildman–Crippen MR) is 122 cm³/mol. The Hall–Kier alpha value is -3.37. The molecule has 0 spiro atoms. The van der Waals surface area contributed by atoms with Crippen LogP contribution < -0.4 is 5.32 Å². The molecule has 0 aliphatic carbocycles. The van der Waals surface area contributed by atoms with Crippen molar-refractivity contribution in [3.8, 4) is 0 Å². The SMILES string of the molecule is Cc1nn2c(CN3CCOCC3)cc(Nc3cn(C)cn3)nc2c1[C@@H](C)c1ccc(F)cn1. The highest BCUT2D eigenvalue weighted by molar-refractivity contribution is 5.61. The molecule has 33 heavy (non-hydrogen) atoms. The molecule has 9 nitrogen and oxygen atoms in total. The molecule has 4 aromatic rings. The molecule has 0 unspecified atom stereocenters. The zero-order valence-corrected chi connectivity index (χ0v) is 19.0. The fraction of sp³-hybridized carbons (Fsp3) is 0.391. The van der Waals surface area contributed by atoms with Gasteiger partial charge in [0.1, 0.15) is 17.5 Å². The van der Waals surface area contributed by atoms with Crippen molar-refractivity contribution in [2.45, 2.75) is 26.3 Å². The molecule has 0 bridgehead atoms. The number of pyridine rings is 1. The fourth-order valence-corrected chi connectivity index (χ4v) is 4.27. The molecule has 1 atom stereocenters. The first-order chi connectivity index (χ1) is 16.0. The molecule has 1 aliphatic heterocycles. The quantitative estimate of drug-likeness (QED) is 0.483. The zero-order chi connectivity index (χ0) is 22.9. The molecule has 10 heteroatoms. The Kier molecular flexibility index (Phi) is 5.77. The van der Waals surface area contributed by atoms with E-state index in [1.807, 2.05) is 42.2 Å². The van der Waals surface area contributed by atoms with Crippen LogP contribution in [0.3, 0.4) is 0 Å². The van der Waals surface area contributed by atoms with Crippen molar-refractivity contribution in [3.05, 3.63) is 65.4 Å². The number of morpholine rings is 1. The Bertz CT molecular complexity index is 1260. The van der Waals surface area contributed by atoms with Crippen molar-refractivity contribution in [2.24, 2.45) is 7.05 Å². The van der Waals surface area contributed by atoms with Gasteiger partial charge in [-0.15, -0.1) is 0 Å². The average Bonchev–Trinajstić information content (AvgIpc) is 3.36. The van der Waals surface area contributed by atoms with E-state index in [4.69, 9.17) is 14.8 Å². The number of ether oxygens (including phenoxy) is 1. The second kappa shape index (κ2) is 8.87. The summed E-state index contributed by atoms with van der Waals surface area (Å²) >= 11 is 0. The Morgan fingerprint density at radius 2 is 2.00 bits per heavy atom. The molecular formula is C23H27FN8O. The van der Waals surface area contributed by atoms with Crippen LogP contribution in [0, 0.1) is 12.7 Å². The van der Waals surface area contributed by atoms with Crippen molar-refractivity contribution >= 4 is 17.3 Å². The van der Waals surface area contributed by atoms with E-state index >= 15 is 0 Å². The number of nitrogens with one attached hydrogen (secondary N) is 1. The summed E-state index contributed by atoms with van der Waals surface area (Å²) in [5, 5.41) is 8.17.